The molecule has 0 spiro atoms. The maximum Gasteiger partial charge on any atom is 0.255 e. The van der Waals surface area contributed by atoms with Crippen molar-refractivity contribution in [3.8, 4) is 0 Å². The minimum atomic E-state index is -0.272. The lowest BCUT2D eigenvalue weighted by Crippen LogP contribution is -2.28. The van der Waals surface area contributed by atoms with Crippen LogP contribution in [0, 0.1) is 0 Å². The predicted molar refractivity (Wildman–Crippen MR) is 78.4 cm³/mol. The second kappa shape index (κ2) is 6.27. The van der Waals surface area contributed by atoms with Gasteiger partial charge in [0.2, 0.25) is 0 Å². The molecule has 0 unspecified atom stereocenters. The first kappa shape index (κ1) is 14.7. The fourth-order valence-electron chi connectivity index (χ4n) is 2.55. The topological polar surface area (TPSA) is 109 Å². The molecule has 3 heterocycles. The van der Waals surface area contributed by atoms with Crippen molar-refractivity contribution in [3.05, 3.63) is 29.1 Å². The molecular weight excluding hydrogens is 284 g/mol. The van der Waals surface area contributed by atoms with Crippen LogP contribution in [0.2, 0.25) is 0 Å². The number of H-pyrrole nitrogens is 2. The normalized spacial score (nSPS) is 19.3. The van der Waals surface area contributed by atoms with E-state index in [1.165, 1.54) is 0 Å². The number of nitrogens with zero attached hydrogens (tertiary/aromatic N) is 3. The summed E-state index contributed by atoms with van der Waals surface area (Å²) in [4.78, 5) is 16.8. The van der Waals surface area contributed by atoms with E-state index >= 15 is 0 Å². The van der Waals surface area contributed by atoms with Crippen LogP contribution in [0.4, 0.5) is 0 Å². The van der Waals surface area contributed by atoms with Crippen LogP contribution in [0.15, 0.2) is 6.20 Å². The molecule has 3 rings (SSSR count). The van der Waals surface area contributed by atoms with Crippen molar-refractivity contribution in [3.63, 3.8) is 0 Å². The van der Waals surface area contributed by atoms with E-state index in [-0.39, 0.29) is 17.9 Å². The predicted octanol–water partition coefficient (Wildman–Crippen LogP) is 1.09. The monoisotopic (exact) mass is 304 g/mol. The molecule has 2 aromatic rings. The van der Waals surface area contributed by atoms with Crippen molar-refractivity contribution in [1.29, 1.82) is 0 Å². The van der Waals surface area contributed by atoms with Gasteiger partial charge >= 0.3 is 0 Å². The number of carbonyl (C=O) groups is 1. The van der Waals surface area contributed by atoms with Crippen molar-refractivity contribution >= 4 is 5.91 Å². The lowest BCUT2D eigenvalue weighted by atomic mass is 10.0. The van der Waals surface area contributed by atoms with Gasteiger partial charge in [0.05, 0.1) is 30.1 Å². The number of aryl methyl sites for hydroxylation is 1. The highest BCUT2D eigenvalue weighted by Gasteiger charge is 2.26. The van der Waals surface area contributed by atoms with Crippen LogP contribution in [0.25, 0.3) is 0 Å². The molecule has 0 aliphatic carbocycles. The molecule has 2 aromatic heterocycles. The molecule has 22 heavy (non-hydrogen) atoms. The minimum Gasteiger partial charge on any atom is -0.381 e. The van der Waals surface area contributed by atoms with Gasteiger partial charge in [0.25, 0.3) is 5.91 Å². The van der Waals surface area contributed by atoms with E-state index in [2.05, 4.69) is 30.7 Å². The van der Waals surface area contributed by atoms with Gasteiger partial charge < -0.3 is 10.1 Å². The Kier molecular flexibility index (Phi) is 4.19. The van der Waals surface area contributed by atoms with Gasteiger partial charge in [-0.05, 0) is 13.3 Å². The van der Waals surface area contributed by atoms with Gasteiger partial charge in [-0.15, -0.1) is 0 Å². The van der Waals surface area contributed by atoms with E-state index in [0.29, 0.717) is 18.0 Å². The number of rotatable bonds is 5. The molecule has 2 atom stereocenters. The van der Waals surface area contributed by atoms with Crippen LogP contribution < -0.4 is 5.32 Å². The van der Waals surface area contributed by atoms with Crippen LogP contribution in [0.1, 0.15) is 59.9 Å². The Bertz CT molecular complexity index is 643. The van der Waals surface area contributed by atoms with Crippen molar-refractivity contribution in [2.24, 2.45) is 0 Å². The Morgan fingerprint density at radius 1 is 1.55 bits per heavy atom. The second-order valence-electron chi connectivity index (χ2n) is 5.45. The molecule has 118 valence electrons. The fourth-order valence-corrected chi connectivity index (χ4v) is 2.55. The molecule has 0 radical (unpaired) electrons. The van der Waals surface area contributed by atoms with E-state index in [0.717, 1.165) is 31.0 Å². The van der Waals surface area contributed by atoms with Gasteiger partial charge in [-0.1, -0.05) is 6.92 Å². The first-order valence-electron chi connectivity index (χ1n) is 7.52. The molecule has 1 aliphatic heterocycles. The van der Waals surface area contributed by atoms with Gasteiger partial charge in [-0.25, -0.2) is 4.98 Å². The van der Waals surface area contributed by atoms with E-state index in [9.17, 15) is 4.79 Å². The van der Waals surface area contributed by atoms with E-state index in [1.807, 2.05) is 13.8 Å². The Morgan fingerprint density at radius 3 is 3.09 bits per heavy atom. The molecule has 8 nitrogen and oxygen atoms in total. The first-order valence-corrected chi connectivity index (χ1v) is 7.52. The summed E-state index contributed by atoms with van der Waals surface area (Å²) in [6, 6.07) is -0.272. The molecule has 3 N–H and O–H groups in total. The smallest absolute Gasteiger partial charge is 0.255 e. The van der Waals surface area contributed by atoms with Crippen molar-refractivity contribution in [2.75, 3.05) is 13.2 Å². The number of hydrogen-bond acceptors (Lipinski definition) is 5. The largest absolute Gasteiger partial charge is 0.381 e. The number of hydrogen-bond donors (Lipinski definition) is 3. The molecule has 0 saturated carbocycles. The van der Waals surface area contributed by atoms with Crippen LogP contribution in [0.5, 0.6) is 0 Å². The average molecular weight is 304 g/mol. The van der Waals surface area contributed by atoms with Gasteiger partial charge in [0, 0.05) is 18.9 Å². The first-order chi connectivity index (χ1) is 10.7. The Morgan fingerprint density at radius 2 is 2.41 bits per heavy atom. The lowest BCUT2D eigenvalue weighted by Gasteiger charge is -2.12. The maximum atomic E-state index is 12.5. The third-order valence-electron chi connectivity index (χ3n) is 3.87. The summed E-state index contributed by atoms with van der Waals surface area (Å²) in [6.45, 7) is 5.20. The molecule has 8 heteroatoms. The van der Waals surface area contributed by atoms with Gasteiger partial charge in [0.1, 0.15) is 5.82 Å². The van der Waals surface area contributed by atoms with E-state index in [4.69, 9.17) is 4.74 Å². The number of carbonyl (C=O) groups excluding carboxylic acids is 1. The lowest BCUT2D eigenvalue weighted by molar-refractivity contribution is 0.0937. The van der Waals surface area contributed by atoms with Crippen molar-refractivity contribution < 1.29 is 9.53 Å². The Hall–Kier alpha value is -2.22. The van der Waals surface area contributed by atoms with Gasteiger partial charge in [-0.3, -0.25) is 15.0 Å². The van der Waals surface area contributed by atoms with Crippen LogP contribution >= 0.6 is 0 Å². The third kappa shape index (κ3) is 2.87. The SMILES string of the molecule is CCc1nc([C@@H](C)NC(=O)c2cn[nH]c2[C@@H]2CCOC2)n[nH]1. The number of nitrogens with one attached hydrogen (secondary N) is 3. The molecule has 1 amide bonds. The number of ether oxygens (including phenoxy) is 1. The quantitative estimate of drug-likeness (QED) is 0.766. The number of amides is 1. The number of aromatic nitrogens is 5. The van der Waals surface area contributed by atoms with Gasteiger partial charge in [-0.2, -0.15) is 10.2 Å². The number of aromatic amines is 2. The Balaban J connectivity index is 1.70. The highest BCUT2D eigenvalue weighted by molar-refractivity contribution is 5.95. The summed E-state index contributed by atoms with van der Waals surface area (Å²) in [6.07, 6.45) is 3.24. The molecule has 1 aliphatic rings. The Labute approximate surface area is 128 Å². The molecule has 1 saturated heterocycles. The van der Waals surface area contributed by atoms with Crippen molar-refractivity contribution in [1.82, 2.24) is 30.7 Å². The summed E-state index contributed by atoms with van der Waals surface area (Å²) in [5.41, 5.74) is 1.40. The summed E-state index contributed by atoms with van der Waals surface area (Å²) >= 11 is 0. The molecular formula is C14H20N6O2. The highest BCUT2D eigenvalue weighted by atomic mass is 16.5. The van der Waals surface area contributed by atoms with Crippen LogP contribution in [-0.4, -0.2) is 44.5 Å². The van der Waals surface area contributed by atoms with Crippen LogP contribution in [-0.2, 0) is 11.2 Å². The minimum absolute atomic E-state index is 0.175. The third-order valence-corrected chi connectivity index (χ3v) is 3.87. The zero-order valence-electron chi connectivity index (χ0n) is 12.7. The summed E-state index contributed by atoms with van der Waals surface area (Å²) in [5.74, 6) is 1.42. The average Bonchev–Trinajstić information content (AvgIpc) is 3.25. The fraction of sp³-hybridized carbons (Fsp3) is 0.571. The zero-order valence-corrected chi connectivity index (χ0v) is 12.7. The maximum absolute atomic E-state index is 12.5. The standard InChI is InChI=1S/C14H20N6O2/c1-3-11-17-13(20-18-11)8(2)16-14(21)10-6-15-19-12(10)9-4-5-22-7-9/h6,8-9H,3-5,7H2,1-2H3,(H,15,19)(H,16,21)(H,17,18,20)/t8-,9-/m1/s1. The second-order valence-corrected chi connectivity index (χ2v) is 5.45. The summed E-state index contributed by atoms with van der Waals surface area (Å²) in [5, 5.41) is 16.8. The van der Waals surface area contributed by atoms with Gasteiger partial charge in [0.15, 0.2) is 5.82 Å². The molecule has 0 bridgehead atoms. The zero-order chi connectivity index (χ0) is 15.5. The van der Waals surface area contributed by atoms with Crippen molar-refractivity contribution in [2.45, 2.75) is 38.6 Å². The van der Waals surface area contributed by atoms with E-state index < -0.39 is 0 Å². The summed E-state index contributed by atoms with van der Waals surface area (Å²) in [7, 11) is 0. The van der Waals surface area contributed by atoms with Crippen LogP contribution in [0.3, 0.4) is 0 Å². The van der Waals surface area contributed by atoms with E-state index in [1.54, 1.807) is 6.20 Å². The highest BCUT2D eigenvalue weighted by Crippen LogP contribution is 2.26. The summed E-state index contributed by atoms with van der Waals surface area (Å²) < 4.78 is 5.38. The molecule has 0 aromatic carbocycles. The molecule has 1 fully saturated rings.